The molecule has 9 heteroatoms. The topological polar surface area (TPSA) is 108 Å². The number of piperidine rings is 2. The largest absolute Gasteiger partial charge is 0.483 e. The van der Waals surface area contributed by atoms with E-state index in [-0.39, 0.29) is 42.7 Å². The van der Waals surface area contributed by atoms with Crippen molar-refractivity contribution in [1.29, 1.82) is 0 Å². The van der Waals surface area contributed by atoms with E-state index in [1.807, 2.05) is 4.90 Å². The minimum absolute atomic E-state index is 0.0464. The van der Waals surface area contributed by atoms with Crippen LogP contribution in [0, 0.1) is 5.41 Å². The molecule has 0 saturated carbocycles. The number of rotatable bonds is 4. The molecule has 4 amide bonds. The van der Waals surface area contributed by atoms with Crippen molar-refractivity contribution in [2.45, 2.75) is 38.3 Å². The van der Waals surface area contributed by atoms with Gasteiger partial charge in [-0.3, -0.25) is 24.5 Å². The van der Waals surface area contributed by atoms with Gasteiger partial charge in [-0.25, -0.2) is 0 Å². The molecule has 1 spiro atoms. The van der Waals surface area contributed by atoms with Gasteiger partial charge in [-0.15, -0.1) is 0 Å². The summed E-state index contributed by atoms with van der Waals surface area (Å²) in [6.45, 7) is 3.58. The van der Waals surface area contributed by atoms with Gasteiger partial charge >= 0.3 is 0 Å². The van der Waals surface area contributed by atoms with E-state index in [0.717, 1.165) is 39.0 Å². The van der Waals surface area contributed by atoms with E-state index in [9.17, 15) is 19.2 Å². The number of carbonyl (C=O) groups excluding carboxylic acids is 4. The highest BCUT2D eigenvalue weighted by Gasteiger charge is 2.42. The Morgan fingerprint density at radius 3 is 2.81 bits per heavy atom. The Bertz CT molecular complexity index is 957. The predicted octanol–water partition coefficient (Wildman–Crippen LogP) is 0.0384. The van der Waals surface area contributed by atoms with Crippen molar-refractivity contribution < 1.29 is 23.9 Å². The van der Waals surface area contributed by atoms with Crippen LogP contribution in [-0.2, 0) is 20.9 Å². The number of ether oxygens (including phenoxy) is 1. The third-order valence-corrected chi connectivity index (χ3v) is 6.90. The second kappa shape index (κ2) is 7.64. The van der Waals surface area contributed by atoms with E-state index >= 15 is 0 Å². The number of carbonyl (C=O) groups is 4. The number of likely N-dealkylation sites (tertiary alicyclic amines) is 1. The molecule has 9 nitrogen and oxygen atoms in total. The highest BCUT2D eigenvalue weighted by molar-refractivity contribution is 6.05. The van der Waals surface area contributed by atoms with Crippen molar-refractivity contribution >= 4 is 23.6 Å². The monoisotopic (exact) mass is 426 g/mol. The van der Waals surface area contributed by atoms with Gasteiger partial charge in [-0.1, -0.05) is 6.07 Å². The number of amides is 4. The number of imide groups is 1. The first-order valence-electron chi connectivity index (χ1n) is 10.8. The molecule has 2 N–H and O–H groups in total. The number of hydrogen-bond acceptors (Lipinski definition) is 6. The lowest BCUT2D eigenvalue weighted by atomic mass is 9.75. The Labute approximate surface area is 180 Å². The van der Waals surface area contributed by atoms with Crippen LogP contribution in [0.3, 0.4) is 0 Å². The van der Waals surface area contributed by atoms with Crippen LogP contribution in [0.25, 0.3) is 0 Å². The summed E-state index contributed by atoms with van der Waals surface area (Å²) in [6.07, 6.45) is 2.67. The van der Waals surface area contributed by atoms with E-state index in [4.69, 9.17) is 4.74 Å². The lowest BCUT2D eigenvalue weighted by Crippen LogP contribution is -2.62. The summed E-state index contributed by atoms with van der Waals surface area (Å²) in [4.78, 5) is 52.7. The Kier molecular flexibility index (Phi) is 4.92. The summed E-state index contributed by atoms with van der Waals surface area (Å²) in [5.74, 6) is -0.567. The molecule has 4 heterocycles. The molecule has 1 atom stereocenters. The second-order valence-corrected chi connectivity index (χ2v) is 8.99. The number of fused-ring (bicyclic) bond motifs is 1. The summed E-state index contributed by atoms with van der Waals surface area (Å²) in [5.41, 5.74) is 1.38. The van der Waals surface area contributed by atoms with Crippen LogP contribution < -0.4 is 15.4 Å². The first-order chi connectivity index (χ1) is 15.0. The Morgan fingerprint density at radius 1 is 1.23 bits per heavy atom. The van der Waals surface area contributed by atoms with Crippen molar-refractivity contribution in [3.8, 4) is 5.75 Å². The summed E-state index contributed by atoms with van der Waals surface area (Å²) in [7, 11) is 0. The van der Waals surface area contributed by atoms with E-state index in [1.165, 1.54) is 4.90 Å². The maximum Gasteiger partial charge on any atom is 0.260 e. The fraction of sp³-hybridized carbons (Fsp3) is 0.545. The molecular weight excluding hydrogens is 400 g/mol. The van der Waals surface area contributed by atoms with Crippen LogP contribution in [0.4, 0.5) is 0 Å². The van der Waals surface area contributed by atoms with E-state index in [0.29, 0.717) is 23.3 Å². The Hall–Kier alpha value is -2.94. The zero-order chi connectivity index (χ0) is 21.6. The second-order valence-electron chi connectivity index (χ2n) is 8.99. The minimum Gasteiger partial charge on any atom is -0.483 e. The molecule has 31 heavy (non-hydrogen) atoms. The molecule has 0 aromatic heterocycles. The molecule has 5 rings (SSSR count). The zero-order valence-corrected chi connectivity index (χ0v) is 17.3. The van der Waals surface area contributed by atoms with E-state index < -0.39 is 11.9 Å². The highest BCUT2D eigenvalue weighted by atomic mass is 16.5. The lowest BCUT2D eigenvalue weighted by molar-refractivity contribution is -0.138. The van der Waals surface area contributed by atoms with Crippen molar-refractivity contribution in [3.63, 3.8) is 0 Å². The van der Waals surface area contributed by atoms with Gasteiger partial charge in [0.2, 0.25) is 11.8 Å². The van der Waals surface area contributed by atoms with Crippen molar-refractivity contribution in [3.05, 3.63) is 29.3 Å². The van der Waals surface area contributed by atoms with Crippen LogP contribution in [0.15, 0.2) is 18.2 Å². The van der Waals surface area contributed by atoms with Gasteiger partial charge in [0.05, 0.1) is 6.54 Å². The van der Waals surface area contributed by atoms with Crippen LogP contribution in [0.5, 0.6) is 5.75 Å². The van der Waals surface area contributed by atoms with Crippen molar-refractivity contribution in [1.82, 2.24) is 20.4 Å². The quantitative estimate of drug-likeness (QED) is 0.658. The molecule has 3 fully saturated rings. The average molecular weight is 426 g/mol. The standard InChI is InChI=1S/C22H26N4O5/c27-18-6-5-16(20(29)24-18)26-9-15-14(21(26)30)3-1-4-17(15)31-10-19(28)25-8-2-7-22(13-25)11-23-12-22/h1,3-4,16,23H,2,5-13H2,(H,24,27,29). The summed E-state index contributed by atoms with van der Waals surface area (Å²) >= 11 is 0. The molecule has 4 aliphatic heterocycles. The maximum atomic E-state index is 12.9. The van der Waals surface area contributed by atoms with Crippen LogP contribution in [0.2, 0.25) is 0 Å². The third kappa shape index (κ3) is 3.56. The zero-order valence-electron chi connectivity index (χ0n) is 17.3. The lowest BCUT2D eigenvalue weighted by Gasteiger charge is -2.49. The molecule has 1 aromatic carbocycles. The summed E-state index contributed by atoms with van der Waals surface area (Å²) < 4.78 is 5.87. The van der Waals surface area contributed by atoms with Gasteiger partial charge in [0.1, 0.15) is 11.8 Å². The maximum absolute atomic E-state index is 12.9. The van der Waals surface area contributed by atoms with Crippen LogP contribution in [-0.4, -0.2) is 72.3 Å². The number of nitrogens with zero attached hydrogens (tertiary/aromatic N) is 2. The molecule has 3 saturated heterocycles. The van der Waals surface area contributed by atoms with Gasteiger partial charge in [0.15, 0.2) is 6.61 Å². The highest BCUT2D eigenvalue weighted by Crippen LogP contribution is 2.35. The van der Waals surface area contributed by atoms with Crippen LogP contribution in [0.1, 0.15) is 41.6 Å². The fourth-order valence-corrected chi connectivity index (χ4v) is 5.11. The summed E-state index contributed by atoms with van der Waals surface area (Å²) in [5, 5.41) is 5.61. The molecule has 1 unspecified atom stereocenters. The van der Waals surface area contributed by atoms with E-state index in [2.05, 4.69) is 10.6 Å². The molecule has 0 bridgehead atoms. The average Bonchev–Trinajstić information content (AvgIpc) is 3.08. The Balaban J connectivity index is 1.26. The first-order valence-corrected chi connectivity index (χ1v) is 10.8. The first kappa shape index (κ1) is 20.0. The predicted molar refractivity (Wildman–Crippen MR) is 109 cm³/mol. The third-order valence-electron chi connectivity index (χ3n) is 6.90. The minimum atomic E-state index is -0.673. The van der Waals surface area contributed by atoms with Gasteiger partial charge in [-0.2, -0.15) is 0 Å². The van der Waals surface area contributed by atoms with Crippen LogP contribution >= 0.6 is 0 Å². The number of hydrogen-bond donors (Lipinski definition) is 2. The van der Waals surface area contributed by atoms with Crippen molar-refractivity contribution in [2.24, 2.45) is 5.41 Å². The van der Waals surface area contributed by atoms with Gasteiger partial charge in [-0.05, 0) is 31.4 Å². The van der Waals surface area contributed by atoms with Gasteiger partial charge < -0.3 is 19.9 Å². The van der Waals surface area contributed by atoms with E-state index in [1.54, 1.807) is 18.2 Å². The summed E-state index contributed by atoms with van der Waals surface area (Å²) in [6, 6.07) is 4.50. The van der Waals surface area contributed by atoms with Gasteiger partial charge in [0, 0.05) is 49.1 Å². The molecule has 4 aliphatic rings. The fourth-order valence-electron chi connectivity index (χ4n) is 5.11. The molecule has 0 aliphatic carbocycles. The number of benzene rings is 1. The van der Waals surface area contributed by atoms with Crippen molar-refractivity contribution in [2.75, 3.05) is 32.8 Å². The number of nitrogens with one attached hydrogen (secondary N) is 2. The SMILES string of the molecule is O=C1CCC(N2Cc3c(OCC(=O)N4CCCC5(CNC5)C4)cccc3C2=O)C(=O)N1. The molecular formula is C22H26N4O5. The normalized spacial score (nSPS) is 24.6. The smallest absolute Gasteiger partial charge is 0.260 e. The van der Waals surface area contributed by atoms with Gasteiger partial charge in [0.25, 0.3) is 11.8 Å². The Morgan fingerprint density at radius 2 is 2.06 bits per heavy atom. The molecule has 164 valence electrons. The molecule has 0 radical (unpaired) electrons. The molecule has 1 aromatic rings.